The molecule has 1 unspecified atom stereocenters. The molecular formula is C11H14BrFO. The van der Waals surface area contributed by atoms with E-state index in [0.717, 1.165) is 5.56 Å². The van der Waals surface area contributed by atoms with Crippen molar-refractivity contribution in [2.45, 2.75) is 26.4 Å². The van der Waals surface area contributed by atoms with E-state index in [9.17, 15) is 9.50 Å². The van der Waals surface area contributed by atoms with E-state index in [0.29, 0.717) is 16.8 Å². The summed E-state index contributed by atoms with van der Waals surface area (Å²) in [5, 5.41) is 9.81. The van der Waals surface area contributed by atoms with Gasteiger partial charge in [0.05, 0.1) is 6.10 Å². The number of halogens is 2. The summed E-state index contributed by atoms with van der Waals surface area (Å²) >= 11 is 3.24. The Morgan fingerprint density at radius 1 is 1.43 bits per heavy atom. The van der Waals surface area contributed by atoms with E-state index >= 15 is 0 Å². The first-order valence-electron chi connectivity index (χ1n) is 4.63. The zero-order valence-electron chi connectivity index (χ0n) is 8.30. The van der Waals surface area contributed by atoms with Crippen LogP contribution in [0.5, 0.6) is 0 Å². The van der Waals surface area contributed by atoms with Gasteiger partial charge in [-0.2, -0.15) is 0 Å². The van der Waals surface area contributed by atoms with Crippen molar-refractivity contribution in [3.63, 3.8) is 0 Å². The minimum Gasteiger partial charge on any atom is -0.388 e. The van der Waals surface area contributed by atoms with Gasteiger partial charge >= 0.3 is 0 Å². The number of hydrogen-bond acceptors (Lipinski definition) is 1. The van der Waals surface area contributed by atoms with Gasteiger partial charge in [0, 0.05) is 4.47 Å². The Hall–Kier alpha value is -0.410. The predicted octanol–water partition coefficient (Wildman–Crippen LogP) is 3.67. The fraction of sp³-hybridized carbons (Fsp3) is 0.455. The molecule has 0 spiro atoms. The summed E-state index contributed by atoms with van der Waals surface area (Å²) in [6.45, 7) is 4.08. The van der Waals surface area contributed by atoms with Gasteiger partial charge in [0.15, 0.2) is 0 Å². The van der Waals surface area contributed by atoms with E-state index in [1.54, 1.807) is 6.07 Å². The van der Waals surface area contributed by atoms with Gasteiger partial charge in [0.1, 0.15) is 5.82 Å². The predicted molar refractivity (Wildman–Crippen MR) is 58.5 cm³/mol. The van der Waals surface area contributed by atoms with E-state index in [1.807, 2.05) is 13.8 Å². The van der Waals surface area contributed by atoms with Crippen molar-refractivity contribution < 1.29 is 9.50 Å². The third kappa shape index (κ3) is 3.07. The molecule has 1 nitrogen and oxygen atoms in total. The van der Waals surface area contributed by atoms with E-state index in [4.69, 9.17) is 0 Å². The molecule has 1 aromatic carbocycles. The number of rotatable bonds is 3. The number of aliphatic hydroxyl groups excluding tert-OH is 1. The van der Waals surface area contributed by atoms with Crippen molar-refractivity contribution >= 4 is 15.9 Å². The third-order valence-electron chi connectivity index (χ3n) is 2.02. The van der Waals surface area contributed by atoms with Crippen LogP contribution in [0, 0.1) is 11.7 Å². The highest BCUT2D eigenvalue weighted by Gasteiger charge is 2.13. The summed E-state index contributed by atoms with van der Waals surface area (Å²) in [5.74, 6) is 0.124. The lowest BCUT2D eigenvalue weighted by Gasteiger charge is -2.14. The van der Waals surface area contributed by atoms with Gasteiger partial charge in [-0.05, 0) is 30.0 Å². The summed E-state index contributed by atoms with van der Waals surface area (Å²) in [5.41, 5.74) is 0.750. The van der Waals surface area contributed by atoms with E-state index < -0.39 is 6.10 Å². The Morgan fingerprint density at radius 2 is 2.07 bits per heavy atom. The number of benzene rings is 1. The van der Waals surface area contributed by atoms with Crippen LogP contribution in [0.3, 0.4) is 0 Å². The van der Waals surface area contributed by atoms with Crippen molar-refractivity contribution in [2.24, 2.45) is 5.92 Å². The fourth-order valence-electron chi connectivity index (χ4n) is 1.35. The zero-order valence-corrected chi connectivity index (χ0v) is 9.88. The molecule has 0 aromatic heterocycles. The molecule has 0 aliphatic carbocycles. The summed E-state index contributed by atoms with van der Waals surface area (Å²) in [6, 6.07) is 4.36. The summed E-state index contributed by atoms with van der Waals surface area (Å²) < 4.78 is 13.4. The molecule has 0 aliphatic rings. The van der Waals surface area contributed by atoms with Gasteiger partial charge in [-0.25, -0.2) is 4.39 Å². The molecule has 1 atom stereocenters. The molecule has 0 fully saturated rings. The second kappa shape index (κ2) is 4.89. The molecule has 0 aliphatic heterocycles. The molecule has 0 radical (unpaired) electrons. The van der Waals surface area contributed by atoms with Crippen LogP contribution in [0.2, 0.25) is 0 Å². The maximum Gasteiger partial charge on any atom is 0.124 e. The lowest BCUT2D eigenvalue weighted by Crippen LogP contribution is -2.02. The van der Waals surface area contributed by atoms with Crippen molar-refractivity contribution in [1.82, 2.24) is 0 Å². The molecule has 0 heterocycles. The monoisotopic (exact) mass is 260 g/mol. The molecule has 0 saturated heterocycles. The van der Waals surface area contributed by atoms with E-state index in [-0.39, 0.29) is 5.82 Å². The zero-order chi connectivity index (χ0) is 10.7. The first-order valence-corrected chi connectivity index (χ1v) is 5.43. The van der Waals surface area contributed by atoms with Crippen LogP contribution in [0.15, 0.2) is 22.7 Å². The van der Waals surface area contributed by atoms with Crippen LogP contribution in [0.4, 0.5) is 4.39 Å². The second-order valence-electron chi connectivity index (χ2n) is 3.81. The van der Waals surface area contributed by atoms with E-state index in [2.05, 4.69) is 15.9 Å². The molecule has 14 heavy (non-hydrogen) atoms. The largest absolute Gasteiger partial charge is 0.388 e. The van der Waals surface area contributed by atoms with Crippen molar-refractivity contribution in [1.29, 1.82) is 0 Å². The summed E-state index contributed by atoms with van der Waals surface area (Å²) in [7, 11) is 0. The van der Waals surface area contributed by atoms with Gasteiger partial charge in [0.2, 0.25) is 0 Å². The standard InChI is InChI=1S/C11H14BrFO/c1-7(2)5-11(14)9-4-3-8(13)6-10(9)12/h3-4,6-7,11,14H,5H2,1-2H3. The Bertz CT molecular complexity index is 312. The SMILES string of the molecule is CC(C)CC(O)c1ccc(F)cc1Br. The first kappa shape index (κ1) is 11.7. The lowest BCUT2D eigenvalue weighted by atomic mass is 10.00. The lowest BCUT2D eigenvalue weighted by molar-refractivity contribution is 0.150. The highest BCUT2D eigenvalue weighted by atomic mass is 79.9. The second-order valence-corrected chi connectivity index (χ2v) is 4.67. The Balaban J connectivity index is 2.84. The molecule has 0 amide bonds. The van der Waals surface area contributed by atoms with Crippen molar-refractivity contribution in [3.8, 4) is 0 Å². The molecule has 0 bridgehead atoms. The molecule has 0 saturated carbocycles. The van der Waals surface area contributed by atoms with Gasteiger partial charge in [-0.15, -0.1) is 0 Å². The number of aliphatic hydroxyl groups is 1. The van der Waals surface area contributed by atoms with Crippen LogP contribution in [0.1, 0.15) is 31.9 Å². The third-order valence-corrected chi connectivity index (χ3v) is 2.70. The normalized spacial score (nSPS) is 13.3. The average Bonchev–Trinajstić information content (AvgIpc) is 2.01. The van der Waals surface area contributed by atoms with Gasteiger partial charge < -0.3 is 5.11 Å². The minimum atomic E-state index is -0.523. The first-order chi connectivity index (χ1) is 6.50. The summed E-state index contributed by atoms with van der Waals surface area (Å²) in [4.78, 5) is 0. The Labute approximate surface area is 92.1 Å². The minimum absolute atomic E-state index is 0.294. The van der Waals surface area contributed by atoms with Crippen LogP contribution >= 0.6 is 15.9 Å². The quantitative estimate of drug-likeness (QED) is 0.880. The van der Waals surface area contributed by atoms with E-state index in [1.165, 1.54) is 12.1 Å². The number of hydrogen-bond donors (Lipinski definition) is 1. The maximum atomic E-state index is 12.8. The van der Waals surface area contributed by atoms with Crippen molar-refractivity contribution in [2.75, 3.05) is 0 Å². The molecule has 1 N–H and O–H groups in total. The van der Waals surface area contributed by atoms with Crippen LogP contribution < -0.4 is 0 Å². The maximum absolute atomic E-state index is 12.8. The van der Waals surface area contributed by atoms with Gasteiger partial charge in [0.25, 0.3) is 0 Å². The average molecular weight is 261 g/mol. The highest BCUT2D eigenvalue weighted by Crippen LogP contribution is 2.28. The molecule has 3 heteroatoms. The highest BCUT2D eigenvalue weighted by molar-refractivity contribution is 9.10. The topological polar surface area (TPSA) is 20.2 Å². The Morgan fingerprint density at radius 3 is 2.57 bits per heavy atom. The Kier molecular flexibility index (Phi) is 4.08. The summed E-state index contributed by atoms with van der Waals surface area (Å²) in [6.07, 6.45) is 0.162. The smallest absolute Gasteiger partial charge is 0.124 e. The molecule has 1 aromatic rings. The molecular weight excluding hydrogens is 247 g/mol. The molecule has 78 valence electrons. The fourth-order valence-corrected chi connectivity index (χ4v) is 1.96. The molecule has 1 rings (SSSR count). The van der Waals surface area contributed by atoms with Crippen LogP contribution in [-0.4, -0.2) is 5.11 Å². The van der Waals surface area contributed by atoms with Gasteiger partial charge in [-0.3, -0.25) is 0 Å². The van der Waals surface area contributed by atoms with Crippen molar-refractivity contribution in [3.05, 3.63) is 34.1 Å². The van der Waals surface area contributed by atoms with Gasteiger partial charge in [-0.1, -0.05) is 35.8 Å². The van der Waals surface area contributed by atoms with Crippen LogP contribution in [0.25, 0.3) is 0 Å². The van der Waals surface area contributed by atoms with Crippen LogP contribution in [-0.2, 0) is 0 Å².